The van der Waals surface area contributed by atoms with E-state index in [9.17, 15) is 14.4 Å². The fourth-order valence-corrected chi connectivity index (χ4v) is 2.61. The minimum Gasteiger partial charge on any atom is -0.469 e. The topological polar surface area (TPSA) is 81.7 Å². The van der Waals surface area contributed by atoms with E-state index in [0.29, 0.717) is 19.6 Å². The zero-order chi connectivity index (χ0) is 23.1. The van der Waals surface area contributed by atoms with Crippen LogP contribution in [0.2, 0.25) is 0 Å². The van der Waals surface area contributed by atoms with E-state index in [1.54, 1.807) is 13.8 Å². The summed E-state index contributed by atoms with van der Waals surface area (Å²) in [6.07, 6.45) is 0.680. The lowest BCUT2D eigenvalue weighted by Gasteiger charge is -2.10. The van der Waals surface area contributed by atoms with Crippen LogP contribution in [0, 0.1) is 12.8 Å². The van der Waals surface area contributed by atoms with Crippen LogP contribution in [-0.2, 0) is 23.9 Å². The summed E-state index contributed by atoms with van der Waals surface area (Å²) in [5.41, 5.74) is 3.87. The molecule has 2 rings (SSSR count). The molecule has 0 bridgehead atoms. The third-order valence-electron chi connectivity index (χ3n) is 4.53. The van der Waals surface area contributed by atoms with Gasteiger partial charge < -0.3 is 14.8 Å². The molecule has 168 valence electrons. The molecule has 1 N–H and O–H groups in total. The highest BCUT2D eigenvalue weighted by molar-refractivity contribution is 5.81. The molecule has 1 amide bonds. The summed E-state index contributed by atoms with van der Waals surface area (Å²) in [6, 6.07) is 19.0. The fraction of sp³-hybridized carbons (Fsp3) is 0.400. The van der Waals surface area contributed by atoms with Crippen LogP contribution in [0.1, 0.15) is 38.7 Å². The quantitative estimate of drug-likeness (QED) is 0.603. The summed E-state index contributed by atoms with van der Waals surface area (Å²) in [6.45, 7) is 6.35. The van der Waals surface area contributed by atoms with E-state index < -0.39 is 5.97 Å². The number of aryl methyl sites for hydroxylation is 1. The Kier molecular flexibility index (Phi) is 12.3. The summed E-state index contributed by atoms with van der Waals surface area (Å²) in [7, 11) is 1.28. The molecular formula is C25H33NO5. The Hall–Kier alpha value is -3.15. The van der Waals surface area contributed by atoms with Gasteiger partial charge in [0.15, 0.2) is 0 Å². The number of carbonyl (C=O) groups excluding carboxylic acids is 3. The number of nitrogens with one attached hydrogen (secondary N) is 1. The van der Waals surface area contributed by atoms with Gasteiger partial charge >= 0.3 is 11.9 Å². The van der Waals surface area contributed by atoms with Gasteiger partial charge in [-0.2, -0.15) is 0 Å². The molecule has 6 heteroatoms. The van der Waals surface area contributed by atoms with Crippen LogP contribution in [0.25, 0.3) is 11.1 Å². The number of methoxy groups -OCH3 is 1. The van der Waals surface area contributed by atoms with Gasteiger partial charge in [-0.15, -0.1) is 0 Å². The molecule has 0 radical (unpaired) electrons. The average Bonchev–Trinajstić information content (AvgIpc) is 2.79. The molecule has 2 aromatic rings. The van der Waals surface area contributed by atoms with Gasteiger partial charge in [0, 0.05) is 13.0 Å². The number of ether oxygens (including phenoxy) is 2. The number of carbonyl (C=O) groups is 3. The van der Waals surface area contributed by atoms with Gasteiger partial charge in [0.1, 0.15) is 0 Å². The summed E-state index contributed by atoms with van der Waals surface area (Å²) in [5, 5.41) is 2.64. The molecule has 0 aliphatic carbocycles. The molecule has 0 fully saturated rings. The van der Waals surface area contributed by atoms with Gasteiger partial charge in [-0.3, -0.25) is 14.4 Å². The largest absolute Gasteiger partial charge is 0.469 e. The minimum absolute atomic E-state index is 0.0652. The Balaban J connectivity index is 0.000000323. The Morgan fingerprint density at radius 3 is 2.13 bits per heavy atom. The molecule has 0 aliphatic heterocycles. The number of rotatable bonds is 9. The number of hydrogen-bond acceptors (Lipinski definition) is 5. The van der Waals surface area contributed by atoms with Gasteiger partial charge in [-0.25, -0.2) is 0 Å². The van der Waals surface area contributed by atoms with Crippen molar-refractivity contribution >= 4 is 17.8 Å². The van der Waals surface area contributed by atoms with Crippen molar-refractivity contribution in [2.75, 3.05) is 20.3 Å². The second kappa shape index (κ2) is 14.8. The normalized spacial score (nSPS) is 10.8. The first-order chi connectivity index (χ1) is 14.9. The average molecular weight is 428 g/mol. The molecular weight excluding hydrogens is 394 g/mol. The number of esters is 2. The lowest BCUT2D eigenvalue weighted by Crippen LogP contribution is -2.28. The number of amides is 1. The highest BCUT2D eigenvalue weighted by atomic mass is 16.5. The summed E-state index contributed by atoms with van der Waals surface area (Å²) in [5.74, 6) is -1.14. The van der Waals surface area contributed by atoms with Gasteiger partial charge in [-0.1, -0.05) is 67.1 Å². The molecule has 2 aromatic carbocycles. The standard InChI is InChI=1S/C13H12.C12H21NO5/c1-11-7-9-13(10-8-11)12-5-3-2-4-6-12;1-4-18-12(16)9(2)7-8-13-10(14)5-6-11(15)17-3/h2-10H,1H3;9H,4-8H2,1-3H3,(H,13,14). The second-order valence-electron chi connectivity index (χ2n) is 7.10. The molecule has 0 aliphatic rings. The van der Waals surface area contributed by atoms with E-state index in [0.717, 1.165) is 0 Å². The van der Waals surface area contributed by atoms with Gasteiger partial charge in [0.05, 0.1) is 26.1 Å². The molecule has 0 heterocycles. The fourth-order valence-electron chi connectivity index (χ4n) is 2.61. The van der Waals surface area contributed by atoms with E-state index in [-0.39, 0.29) is 30.6 Å². The summed E-state index contributed by atoms with van der Waals surface area (Å²) in [4.78, 5) is 33.4. The van der Waals surface area contributed by atoms with Crippen molar-refractivity contribution in [3.05, 3.63) is 60.2 Å². The molecule has 6 nitrogen and oxygen atoms in total. The second-order valence-corrected chi connectivity index (χ2v) is 7.10. The lowest BCUT2D eigenvalue weighted by atomic mass is 10.0. The Bertz CT molecular complexity index is 802. The zero-order valence-corrected chi connectivity index (χ0v) is 18.9. The first-order valence-electron chi connectivity index (χ1n) is 10.5. The number of hydrogen-bond donors (Lipinski definition) is 1. The molecule has 1 unspecified atom stereocenters. The van der Waals surface area contributed by atoms with Gasteiger partial charge in [0.2, 0.25) is 5.91 Å². The first-order valence-corrected chi connectivity index (χ1v) is 10.5. The maximum Gasteiger partial charge on any atom is 0.308 e. The molecule has 0 spiro atoms. The zero-order valence-electron chi connectivity index (χ0n) is 18.9. The maximum absolute atomic E-state index is 11.3. The Labute approximate surface area is 185 Å². The van der Waals surface area contributed by atoms with Crippen molar-refractivity contribution in [3.63, 3.8) is 0 Å². The monoisotopic (exact) mass is 427 g/mol. The van der Waals surface area contributed by atoms with Crippen molar-refractivity contribution < 1.29 is 23.9 Å². The van der Waals surface area contributed by atoms with E-state index in [2.05, 4.69) is 65.5 Å². The smallest absolute Gasteiger partial charge is 0.308 e. The third-order valence-corrected chi connectivity index (χ3v) is 4.53. The van der Waals surface area contributed by atoms with Crippen LogP contribution < -0.4 is 5.32 Å². The predicted molar refractivity (Wildman–Crippen MR) is 121 cm³/mol. The van der Waals surface area contributed by atoms with Gasteiger partial charge in [-0.05, 0) is 31.4 Å². The van der Waals surface area contributed by atoms with Crippen molar-refractivity contribution in [2.24, 2.45) is 5.92 Å². The predicted octanol–water partition coefficient (Wildman–Crippen LogP) is 4.31. The van der Waals surface area contributed by atoms with Crippen LogP contribution >= 0.6 is 0 Å². The van der Waals surface area contributed by atoms with Crippen LogP contribution in [-0.4, -0.2) is 38.1 Å². The van der Waals surface area contributed by atoms with E-state index in [1.807, 2.05) is 6.07 Å². The highest BCUT2D eigenvalue weighted by Crippen LogP contribution is 2.18. The lowest BCUT2D eigenvalue weighted by molar-refractivity contribution is -0.147. The van der Waals surface area contributed by atoms with E-state index in [1.165, 1.54) is 23.8 Å². The summed E-state index contributed by atoms with van der Waals surface area (Å²) < 4.78 is 9.26. The van der Waals surface area contributed by atoms with Crippen molar-refractivity contribution in [2.45, 2.75) is 40.0 Å². The highest BCUT2D eigenvalue weighted by Gasteiger charge is 2.14. The van der Waals surface area contributed by atoms with Crippen LogP contribution in [0.3, 0.4) is 0 Å². The molecule has 31 heavy (non-hydrogen) atoms. The van der Waals surface area contributed by atoms with Crippen LogP contribution in [0.15, 0.2) is 54.6 Å². The Morgan fingerprint density at radius 1 is 0.935 bits per heavy atom. The molecule has 0 aromatic heterocycles. The SMILES string of the molecule is CCOC(=O)C(C)CCNC(=O)CCC(=O)OC.Cc1ccc(-c2ccccc2)cc1. The van der Waals surface area contributed by atoms with Gasteiger partial charge in [0.25, 0.3) is 0 Å². The number of benzene rings is 2. The van der Waals surface area contributed by atoms with Crippen LogP contribution in [0.4, 0.5) is 0 Å². The van der Waals surface area contributed by atoms with Crippen molar-refractivity contribution in [3.8, 4) is 11.1 Å². The maximum atomic E-state index is 11.3. The third kappa shape index (κ3) is 11.0. The minimum atomic E-state index is -0.412. The first kappa shape index (κ1) is 25.9. The Morgan fingerprint density at radius 2 is 1.55 bits per heavy atom. The van der Waals surface area contributed by atoms with E-state index in [4.69, 9.17) is 4.74 Å². The summed E-state index contributed by atoms with van der Waals surface area (Å²) >= 11 is 0. The molecule has 0 saturated carbocycles. The van der Waals surface area contributed by atoms with Crippen molar-refractivity contribution in [1.82, 2.24) is 5.32 Å². The van der Waals surface area contributed by atoms with Crippen molar-refractivity contribution in [1.29, 1.82) is 0 Å². The molecule has 1 atom stereocenters. The van der Waals surface area contributed by atoms with Crippen LogP contribution in [0.5, 0.6) is 0 Å². The molecule has 0 saturated heterocycles. The van der Waals surface area contributed by atoms with E-state index >= 15 is 0 Å².